The predicted octanol–water partition coefficient (Wildman–Crippen LogP) is 3.53. The van der Waals surface area contributed by atoms with Crippen molar-refractivity contribution in [2.45, 2.75) is 71.8 Å². The van der Waals surface area contributed by atoms with E-state index in [1.54, 1.807) is 0 Å². The van der Waals surface area contributed by atoms with Crippen LogP contribution in [0.15, 0.2) is 0 Å². The Balaban J connectivity index is 3.71. The minimum atomic E-state index is -0.672. The Kier molecular flexibility index (Phi) is 10.2. The van der Waals surface area contributed by atoms with Gasteiger partial charge in [-0.05, 0) is 45.7 Å². The Morgan fingerprint density at radius 1 is 1.12 bits per heavy atom. The molecule has 3 nitrogen and oxygen atoms in total. The lowest BCUT2D eigenvalue weighted by Gasteiger charge is -2.28. The van der Waals surface area contributed by atoms with Gasteiger partial charge >= 0.3 is 5.97 Å². The van der Waals surface area contributed by atoms with E-state index in [2.05, 4.69) is 25.7 Å². The van der Waals surface area contributed by atoms with Gasteiger partial charge in [0.1, 0.15) is 0 Å². The van der Waals surface area contributed by atoms with Crippen molar-refractivity contribution in [3.8, 4) is 0 Å². The number of hydrogen-bond donors (Lipinski definition) is 1. The van der Waals surface area contributed by atoms with Crippen LogP contribution in [0.25, 0.3) is 0 Å². The van der Waals surface area contributed by atoms with Gasteiger partial charge in [-0.25, -0.2) is 0 Å². The number of rotatable bonds is 11. The first kappa shape index (κ1) is 16.4. The van der Waals surface area contributed by atoms with E-state index in [-0.39, 0.29) is 0 Å². The van der Waals surface area contributed by atoms with Crippen LogP contribution in [0, 0.1) is 0 Å². The Labute approximate surface area is 106 Å². The molecule has 1 N–H and O–H groups in total. The van der Waals surface area contributed by atoms with E-state index in [9.17, 15) is 4.79 Å². The third-order valence-corrected chi connectivity index (χ3v) is 3.35. The van der Waals surface area contributed by atoms with E-state index in [0.717, 1.165) is 25.8 Å². The van der Waals surface area contributed by atoms with Crippen LogP contribution < -0.4 is 0 Å². The average Bonchev–Trinajstić information content (AvgIpc) is 2.31. The number of carboxylic acids is 1. The number of aliphatic carboxylic acids is 1. The molecule has 0 saturated heterocycles. The Bertz CT molecular complexity index is 195. The highest BCUT2D eigenvalue weighted by molar-refractivity contribution is 5.66. The topological polar surface area (TPSA) is 40.5 Å². The standard InChI is InChI=1S/C14H29NO2/c1-4-6-11-15(13(3)5-2)12-9-7-8-10-14(16)17/h13H,4-12H2,1-3H3,(H,16,17). The zero-order valence-electron chi connectivity index (χ0n) is 11.7. The molecule has 0 heterocycles. The van der Waals surface area contributed by atoms with E-state index in [0.29, 0.717) is 12.5 Å². The molecule has 17 heavy (non-hydrogen) atoms. The van der Waals surface area contributed by atoms with Gasteiger partial charge < -0.3 is 10.0 Å². The molecule has 0 fully saturated rings. The smallest absolute Gasteiger partial charge is 0.303 e. The fourth-order valence-corrected chi connectivity index (χ4v) is 1.94. The molecule has 0 radical (unpaired) electrons. The maximum absolute atomic E-state index is 10.4. The lowest BCUT2D eigenvalue weighted by molar-refractivity contribution is -0.137. The monoisotopic (exact) mass is 243 g/mol. The van der Waals surface area contributed by atoms with Crippen LogP contribution >= 0.6 is 0 Å². The lowest BCUT2D eigenvalue weighted by atomic mass is 10.1. The fourth-order valence-electron chi connectivity index (χ4n) is 1.94. The average molecular weight is 243 g/mol. The number of nitrogens with zero attached hydrogens (tertiary/aromatic N) is 1. The van der Waals surface area contributed by atoms with Crippen molar-refractivity contribution in [3.63, 3.8) is 0 Å². The van der Waals surface area contributed by atoms with Crippen molar-refractivity contribution in [1.29, 1.82) is 0 Å². The third-order valence-electron chi connectivity index (χ3n) is 3.35. The predicted molar refractivity (Wildman–Crippen MR) is 72.3 cm³/mol. The third kappa shape index (κ3) is 9.16. The Hall–Kier alpha value is -0.570. The van der Waals surface area contributed by atoms with Crippen LogP contribution in [0.4, 0.5) is 0 Å². The summed E-state index contributed by atoms with van der Waals surface area (Å²) in [6.45, 7) is 9.04. The van der Waals surface area contributed by atoms with Gasteiger partial charge in [0.05, 0.1) is 0 Å². The van der Waals surface area contributed by atoms with E-state index < -0.39 is 5.97 Å². The van der Waals surface area contributed by atoms with Crippen molar-refractivity contribution in [2.75, 3.05) is 13.1 Å². The van der Waals surface area contributed by atoms with Gasteiger partial charge in [-0.3, -0.25) is 4.79 Å². The van der Waals surface area contributed by atoms with Gasteiger partial charge in [-0.1, -0.05) is 26.7 Å². The highest BCUT2D eigenvalue weighted by Gasteiger charge is 2.10. The molecule has 0 rings (SSSR count). The van der Waals surface area contributed by atoms with E-state index in [1.165, 1.54) is 25.8 Å². The minimum absolute atomic E-state index is 0.318. The number of hydrogen-bond acceptors (Lipinski definition) is 2. The maximum Gasteiger partial charge on any atom is 0.303 e. The van der Waals surface area contributed by atoms with Crippen LogP contribution in [0.1, 0.15) is 65.7 Å². The molecule has 3 heteroatoms. The van der Waals surface area contributed by atoms with E-state index in [1.807, 2.05) is 0 Å². The summed E-state index contributed by atoms with van der Waals surface area (Å²) in [7, 11) is 0. The summed E-state index contributed by atoms with van der Waals surface area (Å²) < 4.78 is 0. The summed E-state index contributed by atoms with van der Waals surface area (Å²) in [5.74, 6) is -0.672. The molecule has 0 aromatic carbocycles. The Morgan fingerprint density at radius 3 is 2.29 bits per heavy atom. The van der Waals surface area contributed by atoms with Gasteiger partial charge in [0.15, 0.2) is 0 Å². The first-order valence-corrected chi connectivity index (χ1v) is 7.07. The van der Waals surface area contributed by atoms with Gasteiger partial charge in [0, 0.05) is 12.5 Å². The largest absolute Gasteiger partial charge is 0.481 e. The summed E-state index contributed by atoms with van der Waals surface area (Å²) in [4.78, 5) is 12.9. The fraction of sp³-hybridized carbons (Fsp3) is 0.929. The van der Waals surface area contributed by atoms with Crippen LogP contribution in [-0.4, -0.2) is 35.1 Å². The zero-order valence-corrected chi connectivity index (χ0v) is 11.7. The number of carboxylic acid groups (broad SMARTS) is 1. The summed E-state index contributed by atoms with van der Waals surface area (Å²) in [5.41, 5.74) is 0. The normalized spacial score (nSPS) is 12.9. The van der Waals surface area contributed by atoms with Gasteiger partial charge in [0.2, 0.25) is 0 Å². The van der Waals surface area contributed by atoms with Crippen LogP contribution in [-0.2, 0) is 4.79 Å². The maximum atomic E-state index is 10.4. The molecular formula is C14H29NO2. The van der Waals surface area contributed by atoms with E-state index >= 15 is 0 Å². The van der Waals surface area contributed by atoms with E-state index in [4.69, 9.17) is 5.11 Å². The second kappa shape index (κ2) is 10.6. The minimum Gasteiger partial charge on any atom is -0.481 e. The number of carbonyl (C=O) groups is 1. The molecule has 0 bridgehead atoms. The highest BCUT2D eigenvalue weighted by Crippen LogP contribution is 2.09. The molecule has 0 aliphatic carbocycles. The molecule has 1 unspecified atom stereocenters. The summed E-state index contributed by atoms with van der Waals surface area (Å²) >= 11 is 0. The van der Waals surface area contributed by atoms with Crippen molar-refractivity contribution in [3.05, 3.63) is 0 Å². The Morgan fingerprint density at radius 2 is 1.76 bits per heavy atom. The quantitative estimate of drug-likeness (QED) is 0.564. The molecular weight excluding hydrogens is 214 g/mol. The summed E-state index contributed by atoms with van der Waals surface area (Å²) in [6, 6.07) is 0.654. The molecule has 0 aliphatic heterocycles. The molecule has 0 aromatic heterocycles. The van der Waals surface area contributed by atoms with Crippen molar-refractivity contribution < 1.29 is 9.90 Å². The molecule has 0 aromatic rings. The number of unbranched alkanes of at least 4 members (excludes halogenated alkanes) is 3. The van der Waals surface area contributed by atoms with Gasteiger partial charge in [0.25, 0.3) is 0 Å². The SMILES string of the molecule is CCCCN(CCCCCC(=O)O)C(C)CC. The summed E-state index contributed by atoms with van der Waals surface area (Å²) in [5, 5.41) is 8.55. The molecule has 0 spiro atoms. The van der Waals surface area contributed by atoms with Crippen LogP contribution in [0.3, 0.4) is 0 Å². The zero-order chi connectivity index (χ0) is 13.1. The first-order chi connectivity index (χ1) is 8.11. The van der Waals surface area contributed by atoms with Crippen LogP contribution in [0.5, 0.6) is 0 Å². The molecule has 1 atom stereocenters. The molecule has 0 aliphatic rings. The second-order valence-electron chi connectivity index (χ2n) is 4.85. The van der Waals surface area contributed by atoms with Gasteiger partial charge in [-0.2, -0.15) is 0 Å². The lowest BCUT2D eigenvalue weighted by Crippen LogP contribution is -2.34. The van der Waals surface area contributed by atoms with Gasteiger partial charge in [-0.15, -0.1) is 0 Å². The van der Waals surface area contributed by atoms with Crippen molar-refractivity contribution in [2.24, 2.45) is 0 Å². The van der Waals surface area contributed by atoms with Crippen molar-refractivity contribution >= 4 is 5.97 Å². The second-order valence-corrected chi connectivity index (χ2v) is 4.85. The molecule has 0 amide bonds. The van der Waals surface area contributed by atoms with Crippen molar-refractivity contribution in [1.82, 2.24) is 4.90 Å². The molecule has 102 valence electrons. The molecule has 0 saturated carbocycles. The summed E-state index contributed by atoms with van der Waals surface area (Å²) in [6.07, 6.45) is 6.99. The van der Waals surface area contributed by atoms with Crippen LogP contribution in [0.2, 0.25) is 0 Å². The highest BCUT2D eigenvalue weighted by atomic mass is 16.4. The first-order valence-electron chi connectivity index (χ1n) is 7.07.